The molecule has 0 aromatic rings. The number of aliphatic hydroxyl groups is 4. The average molecular weight is 603 g/mol. The summed E-state index contributed by atoms with van der Waals surface area (Å²) in [4.78, 5) is 26.9. The van der Waals surface area contributed by atoms with Gasteiger partial charge in [-0.2, -0.15) is 0 Å². The van der Waals surface area contributed by atoms with E-state index in [-0.39, 0.29) is 34.2 Å². The largest absolute Gasteiger partial charge is 0.454 e. The molecule has 0 bridgehead atoms. The number of hydrogen-bond acceptors (Lipinski definition) is 8. The average Bonchev–Trinajstić information content (AvgIpc) is 3.19. The lowest BCUT2D eigenvalue weighted by atomic mass is 9.43. The van der Waals surface area contributed by atoms with Crippen LogP contribution in [0.3, 0.4) is 0 Å². The highest BCUT2D eigenvalue weighted by molar-refractivity contribution is 5.85. The standard InChI is InChI=1S/C35H54O8/c1-31(2,41)15-8-9-20(29(39)43-28-27(38)24(36)19-42-30(28)40)21-12-17-35(7)23-10-11-25-32(3,4)26(37)14-16-33(25,5)22(23)13-18-34(21,35)6/h8,15,20-21,24-25,27-28,30,36,38,40-41H,9-14,16-19H2,1-7H3. The van der Waals surface area contributed by atoms with E-state index in [0.29, 0.717) is 24.5 Å². The van der Waals surface area contributed by atoms with Crippen molar-refractivity contribution in [2.75, 3.05) is 6.61 Å². The number of fused-ring (bicyclic) bond motifs is 4. The monoisotopic (exact) mass is 602 g/mol. The number of esters is 1. The molecule has 2 saturated carbocycles. The molecule has 3 fully saturated rings. The van der Waals surface area contributed by atoms with Crippen molar-refractivity contribution in [2.24, 2.45) is 39.4 Å². The number of allylic oxidation sites excluding steroid dienone is 3. The lowest BCUT2D eigenvalue weighted by Crippen LogP contribution is -2.56. The van der Waals surface area contributed by atoms with E-state index in [1.165, 1.54) is 0 Å². The molecule has 10 atom stereocenters. The van der Waals surface area contributed by atoms with E-state index < -0.39 is 42.1 Å². The van der Waals surface area contributed by atoms with Gasteiger partial charge in [0.05, 0.1) is 18.1 Å². The fourth-order valence-corrected chi connectivity index (χ4v) is 10.2. The molecule has 0 amide bonds. The number of ketones is 1. The van der Waals surface area contributed by atoms with Crippen LogP contribution in [0.5, 0.6) is 0 Å². The Bertz CT molecular complexity index is 1180. The Balaban J connectivity index is 1.48. The Hall–Kier alpha value is -1.58. The Morgan fingerprint density at radius 1 is 1.02 bits per heavy atom. The summed E-state index contributed by atoms with van der Waals surface area (Å²) in [6.07, 6.45) is 5.45. The summed E-state index contributed by atoms with van der Waals surface area (Å²) in [7, 11) is 0. The first-order valence-electron chi connectivity index (χ1n) is 16.4. The topological polar surface area (TPSA) is 134 Å². The van der Waals surface area contributed by atoms with Crippen molar-refractivity contribution in [3.63, 3.8) is 0 Å². The third-order valence-electron chi connectivity index (χ3n) is 13.0. The van der Waals surface area contributed by atoms with Crippen molar-refractivity contribution >= 4 is 11.8 Å². The first kappa shape index (κ1) is 32.8. The first-order valence-corrected chi connectivity index (χ1v) is 16.4. The van der Waals surface area contributed by atoms with Gasteiger partial charge < -0.3 is 29.9 Å². The Labute approximate surface area is 256 Å². The molecule has 1 heterocycles. The van der Waals surface area contributed by atoms with Crippen molar-refractivity contribution < 1.29 is 39.5 Å². The zero-order valence-electron chi connectivity index (χ0n) is 27.2. The Kier molecular flexibility index (Phi) is 8.42. The minimum absolute atomic E-state index is 0.00922. The summed E-state index contributed by atoms with van der Waals surface area (Å²) in [6.45, 7) is 14.5. The number of ether oxygens (including phenoxy) is 2. The normalized spacial score (nSPS) is 43.7. The zero-order valence-corrected chi connectivity index (χ0v) is 27.2. The molecule has 4 aliphatic carbocycles. The first-order chi connectivity index (χ1) is 19.9. The van der Waals surface area contributed by atoms with Gasteiger partial charge in [-0.15, -0.1) is 0 Å². The van der Waals surface area contributed by atoms with Crippen molar-refractivity contribution in [1.29, 1.82) is 0 Å². The second-order valence-corrected chi connectivity index (χ2v) is 16.1. The van der Waals surface area contributed by atoms with Gasteiger partial charge in [-0.1, -0.05) is 57.9 Å². The fraction of sp³-hybridized carbons (Fsp3) is 0.829. The van der Waals surface area contributed by atoms with E-state index in [4.69, 9.17) is 9.47 Å². The molecule has 0 aromatic carbocycles. The number of hydrogen-bond donors (Lipinski definition) is 4. The molecule has 1 saturated heterocycles. The molecule has 242 valence electrons. The summed E-state index contributed by atoms with van der Waals surface area (Å²) >= 11 is 0. The van der Waals surface area contributed by atoms with Crippen LogP contribution in [0.2, 0.25) is 0 Å². The van der Waals surface area contributed by atoms with Crippen LogP contribution in [0.25, 0.3) is 0 Å². The number of Topliss-reactive ketones (excluding diaryl/α,β-unsaturated/α-hetero) is 1. The molecule has 10 unspecified atom stereocenters. The van der Waals surface area contributed by atoms with Crippen LogP contribution in [-0.4, -0.2) is 69.0 Å². The van der Waals surface area contributed by atoms with Gasteiger partial charge in [0.2, 0.25) is 0 Å². The molecule has 0 spiro atoms. The van der Waals surface area contributed by atoms with Crippen LogP contribution >= 0.6 is 0 Å². The van der Waals surface area contributed by atoms with Gasteiger partial charge in [-0.05, 0) is 93.3 Å². The van der Waals surface area contributed by atoms with Crippen molar-refractivity contribution in [1.82, 2.24) is 0 Å². The van der Waals surface area contributed by atoms with Gasteiger partial charge in [-0.3, -0.25) is 9.59 Å². The van der Waals surface area contributed by atoms with Crippen molar-refractivity contribution in [3.05, 3.63) is 23.3 Å². The number of aliphatic hydroxyl groups excluding tert-OH is 3. The summed E-state index contributed by atoms with van der Waals surface area (Å²) in [6, 6.07) is 0. The molecule has 8 nitrogen and oxygen atoms in total. The number of carbonyl (C=O) groups excluding carboxylic acids is 2. The van der Waals surface area contributed by atoms with Gasteiger partial charge in [0.15, 0.2) is 12.4 Å². The summed E-state index contributed by atoms with van der Waals surface area (Å²) < 4.78 is 10.9. The van der Waals surface area contributed by atoms with Crippen LogP contribution in [-0.2, 0) is 19.1 Å². The third-order valence-corrected chi connectivity index (χ3v) is 13.0. The maximum Gasteiger partial charge on any atom is 0.310 e. The molecule has 5 rings (SSSR count). The molecule has 0 radical (unpaired) electrons. The van der Waals surface area contributed by atoms with Gasteiger partial charge in [0.25, 0.3) is 0 Å². The van der Waals surface area contributed by atoms with Gasteiger partial charge >= 0.3 is 5.97 Å². The maximum absolute atomic E-state index is 14.0. The molecular formula is C35H54O8. The van der Waals surface area contributed by atoms with E-state index in [1.54, 1.807) is 31.1 Å². The maximum atomic E-state index is 14.0. The minimum Gasteiger partial charge on any atom is -0.454 e. The predicted molar refractivity (Wildman–Crippen MR) is 161 cm³/mol. The zero-order chi connectivity index (χ0) is 31.8. The molecule has 0 aromatic heterocycles. The van der Waals surface area contributed by atoms with E-state index in [0.717, 1.165) is 44.9 Å². The molecule has 4 N–H and O–H groups in total. The Morgan fingerprint density at radius 2 is 1.72 bits per heavy atom. The third kappa shape index (κ3) is 5.27. The number of rotatable bonds is 6. The second-order valence-electron chi connectivity index (χ2n) is 16.1. The van der Waals surface area contributed by atoms with Crippen molar-refractivity contribution in [2.45, 2.75) is 136 Å². The minimum atomic E-state index is -1.52. The van der Waals surface area contributed by atoms with E-state index in [1.807, 2.05) is 6.08 Å². The quantitative estimate of drug-likeness (QED) is 0.256. The van der Waals surface area contributed by atoms with Gasteiger partial charge in [0.1, 0.15) is 18.0 Å². The van der Waals surface area contributed by atoms with Crippen LogP contribution in [0.15, 0.2) is 23.3 Å². The second kappa shape index (κ2) is 11.0. The van der Waals surface area contributed by atoms with Crippen LogP contribution in [0.4, 0.5) is 0 Å². The molecule has 8 heteroatoms. The molecular weight excluding hydrogens is 548 g/mol. The smallest absolute Gasteiger partial charge is 0.310 e. The van der Waals surface area contributed by atoms with E-state index >= 15 is 0 Å². The highest BCUT2D eigenvalue weighted by atomic mass is 16.7. The van der Waals surface area contributed by atoms with Gasteiger partial charge in [0, 0.05) is 11.8 Å². The molecule has 1 aliphatic heterocycles. The summed E-state index contributed by atoms with van der Waals surface area (Å²) in [5.41, 5.74) is 1.46. The SMILES string of the molecule is CC(C)(O)C=CCC(C(=O)OC1C(O)OCC(O)C1O)C1CCC2(C)C3=C(CCC12C)C1(C)CCC(=O)C(C)(C)C1CC3. The molecule has 5 aliphatic rings. The lowest BCUT2D eigenvalue weighted by Gasteiger charge is -2.60. The van der Waals surface area contributed by atoms with Crippen molar-refractivity contribution in [3.8, 4) is 0 Å². The summed E-state index contributed by atoms with van der Waals surface area (Å²) in [5, 5.41) is 41.3. The Morgan fingerprint density at radius 3 is 2.40 bits per heavy atom. The van der Waals surface area contributed by atoms with E-state index in [2.05, 4.69) is 34.6 Å². The highest BCUT2D eigenvalue weighted by Crippen LogP contribution is 2.72. The number of carbonyl (C=O) groups is 2. The summed E-state index contributed by atoms with van der Waals surface area (Å²) in [5.74, 6) is -0.392. The predicted octanol–water partition coefficient (Wildman–Crippen LogP) is 4.62. The highest BCUT2D eigenvalue weighted by Gasteiger charge is 2.64. The van der Waals surface area contributed by atoms with Crippen LogP contribution < -0.4 is 0 Å². The lowest BCUT2D eigenvalue weighted by molar-refractivity contribution is -0.262. The van der Waals surface area contributed by atoms with Crippen LogP contribution in [0, 0.1) is 39.4 Å². The van der Waals surface area contributed by atoms with Gasteiger partial charge in [-0.25, -0.2) is 0 Å². The van der Waals surface area contributed by atoms with Crippen LogP contribution in [0.1, 0.15) is 106 Å². The van der Waals surface area contributed by atoms with E-state index in [9.17, 15) is 30.0 Å². The molecule has 43 heavy (non-hydrogen) atoms. The fourth-order valence-electron chi connectivity index (χ4n) is 10.2.